The highest BCUT2D eigenvalue weighted by Gasteiger charge is 2.20. The van der Waals surface area contributed by atoms with Gasteiger partial charge in [0.25, 0.3) is 5.91 Å². The van der Waals surface area contributed by atoms with Gasteiger partial charge in [0.1, 0.15) is 5.75 Å². The minimum absolute atomic E-state index is 0.111. The van der Waals surface area contributed by atoms with Crippen molar-refractivity contribution in [3.05, 3.63) is 22.7 Å². The number of nitrogens with two attached hydrogens (primary N) is 1. The lowest BCUT2D eigenvalue weighted by Crippen LogP contribution is -2.37. The van der Waals surface area contributed by atoms with Gasteiger partial charge in [0.05, 0.1) is 42.7 Å². The standard InChI is InChI=1S/C15H21ClN2O4/c1-9(7-22-10-3-4-21-8-10)18-15(19)11-5-12(16)13(17)6-14(11)20-2/h5-6,9-10H,3-4,7-8,17H2,1-2H3,(H,18,19). The van der Waals surface area contributed by atoms with Crippen molar-refractivity contribution < 1.29 is 19.0 Å². The molecule has 0 aliphatic carbocycles. The van der Waals surface area contributed by atoms with Crippen LogP contribution in [0.5, 0.6) is 5.75 Å². The van der Waals surface area contributed by atoms with Crippen molar-refractivity contribution in [2.24, 2.45) is 0 Å². The number of hydrogen-bond donors (Lipinski definition) is 2. The van der Waals surface area contributed by atoms with Crippen LogP contribution in [0.15, 0.2) is 12.1 Å². The molecule has 2 rings (SSSR count). The number of rotatable bonds is 6. The number of halogens is 1. The predicted molar refractivity (Wildman–Crippen MR) is 84.5 cm³/mol. The van der Waals surface area contributed by atoms with Crippen LogP contribution in [0.4, 0.5) is 5.69 Å². The second-order valence-electron chi connectivity index (χ2n) is 5.27. The van der Waals surface area contributed by atoms with E-state index in [-0.39, 0.29) is 18.1 Å². The molecule has 1 heterocycles. The average molecular weight is 329 g/mol. The fraction of sp³-hybridized carbons (Fsp3) is 0.533. The van der Waals surface area contributed by atoms with Crippen LogP contribution in [0.25, 0.3) is 0 Å². The zero-order chi connectivity index (χ0) is 16.1. The smallest absolute Gasteiger partial charge is 0.255 e. The molecule has 7 heteroatoms. The molecule has 1 aliphatic heterocycles. The average Bonchev–Trinajstić information content (AvgIpc) is 3.00. The Morgan fingerprint density at radius 3 is 3.00 bits per heavy atom. The van der Waals surface area contributed by atoms with E-state index in [2.05, 4.69) is 5.32 Å². The SMILES string of the molecule is COc1cc(N)c(Cl)cc1C(=O)NC(C)COC1CCOC1. The summed E-state index contributed by atoms with van der Waals surface area (Å²) in [5.74, 6) is 0.106. The van der Waals surface area contributed by atoms with E-state index in [1.165, 1.54) is 19.2 Å². The third kappa shape index (κ3) is 4.25. The maximum Gasteiger partial charge on any atom is 0.255 e. The number of ether oxygens (including phenoxy) is 3. The number of methoxy groups -OCH3 is 1. The first-order chi connectivity index (χ1) is 10.5. The molecule has 0 aromatic heterocycles. The number of nitrogen functional groups attached to an aromatic ring is 1. The van der Waals surface area contributed by atoms with Crippen molar-refractivity contribution >= 4 is 23.2 Å². The van der Waals surface area contributed by atoms with Crippen LogP contribution >= 0.6 is 11.6 Å². The summed E-state index contributed by atoms with van der Waals surface area (Å²) in [6, 6.07) is 2.90. The van der Waals surface area contributed by atoms with E-state index in [4.69, 9.17) is 31.5 Å². The zero-order valence-electron chi connectivity index (χ0n) is 12.7. The lowest BCUT2D eigenvalue weighted by Gasteiger charge is -2.18. The third-order valence-electron chi connectivity index (χ3n) is 3.41. The molecule has 1 aliphatic rings. The Bertz CT molecular complexity index is 533. The number of benzene rings is 1. The Balaban J connectivity index is 1.94. The summed E-state index contributed by atoms with van der Waals surface area (Å²) >= 11 is 5.97. The highest BCUT2D eigenvalue weighted by atomic mass is 35.5. The molecule has 1 fully saturated rings. The highest BCUT2D eigenvalue weighted by molar-refractivity contribution is 6.33. The normalized spacial score (nSPS) is 19.0. The molecule has 2 atom stereocenters. The Morgan fingerprint density at radius 2 is 2.36 bits per heavy atom. The molecular weight excluding hydrogens is 308 g/mol. The Labute approximate surface area is 134 Å². The van der Waals surface area contributed by atoms with Gasteiger partial charge in [-0.3, -0.25) is 4.79 Å². The summed E-state index contributed by atoms with van der Waals surface area (Å²) in [7, 11) is 1.48. The Morgan fingerprint density at radius 1 is 1.59 bits per heavy atom. The molecule has 1 aromatic rings. The second-order valence-corrected chi connectivity index (χ2v) is 5.67. The van der Waals surface area contributed by atoms with Crippen molar-refractivity contribution in [3.63, 3.8) is 0 Å². The first-order valence-electron chi connectivity index (χ1n) is 7.14. The molecule has 1 aromatic carbocycles. The molecule has 0 saturated carbocycles. The minimum Gasteiger partial charge on any atom is -0.496 e. The van der Waals surface area contributed by atoms with Gasteiger partial charge in [-0.25, -0.2) is 0 Å². The quantitative estimate of drug-likeness (QED) is 0.779. The van der Waals surface area contributed by atoms with E-state index in [1.807, 2.05) is 6.92 Å². The van der Waals surface area contributed by atoms with Crippen LogP contribution in [0, 0.1) is 0 Å². The molecule has 3 N–H and O–H groups in total. The first kappa shape index (κ1) is 16.9. The second kappa shape index (κ2) is 7.67. The number of carbonyl (C=O) groups is 1. The molecule has 0 bridgehead atoms. The molecule has 2 unspecified atom stereocenters. The number of amides is 1. The summed E-state index contributed by atoms with van der Waals surface area (Å²) in [4.78, 5) is 12.3. The maximum atomic E-state index is 12.3. The number of anilines is 1. The molecule has 0 radical (unpaired) electrons. The van der Waals surface area contributed by atoms with Gasteiger partial charge in [-0.05, 0) is 19.4 Å². The van der Waals surface area contributed by atoms with Crippen LogP contribution in [0.1, 0.15) is 23.7 Å². The number of nitrogens with one attached hydrogen (secondary N) is 1. The Kier molecular flexibility index (Phi) is 5.88. The van der Waals surface area contributed by atoms with E-state index in [1.54, 1.807) is 0 Å². The van der Waals surface area contributed by atoms with Crippen LogP contribution in [-0.2, 0) is 9.47 Å². The zero-order valence-corrected chi connectivity index (χ0v) is 13.5. The number of carbonyl (C=O) groups excluding carboxylic acids is 1. The van der Waals surface area contributed by atoms with Gasteiger partial charge in [-0.2, -0.15) is 0 Å². The van der Waals surface area contributed by atoms with Crippen LogP contribution in [0.2, 0.25) is 5.02 Å². The molecule has 1 amide bonds. The van der Waals surface area contributed by atoms with E-state index < -0.39 is 0 Å². The third-order valence-corrected chi connectivity index (χ3v) is 3.74. The van der Waals surface area contributed by atoms with Gasteiger partial charge in [0.15, 0.2) is 0 Å². The van der Waals surface area contributed by atoms with Crippen LogP contribution in [-0.4, -0.2) is 45.0 Å². The fourth-order valence-electron chi connectivity index (χ4n) is 2.18. The van der Waals surface area contributed by atoms with Crippen molar-refractivity contribution in [2.45, 2.75) is 25.5 Å². The summed E-state index contributed by atoms with van der Waals surface area (Å²) in [6.07, 6.45) is 1.00. The van der Waals surface area contributed by atoms with Gasteiger partial charge in [0, 0.05) is 18.7 Å². The molecule has 6 nitrogen and oxygen atoms in total. The summed E-state index contributed by atoms with van der Waals surface area (Å²) in [5.41, 5.74) is 6.42. The topological polar surface area (TPSA) is 82.8 Å². The summed E-state index contributed by atoms with van der Waals surface area (Å²) in [5, 5.41) is 3.17. The van der Waals surface area contributed by atoms with Crippen LogP contribution < -0.4 is 15.8 Å². The molecule has 1 saturated heterocycles. The van der Waals surface area contributed by atoms with Gasteiger partial charge < -0.3 is 25.3 Å². The van der Waals surface area contributed by atoms with E-state index in [0.717, 1.165) is 13.0 Å². The first-order valence-corrected chi connectivity index (χ1v) is 7.52. The summed E-state index contributed by atoms with van der Waals surface area (Å²) in [6.45, 7) is 3.64. The summed E-state index contributed by atoms with van der Waals surface area (Å²) < 4.78 is 16.1. The van der Waals surface area contributed by atoms with Gasteiger partial charge in [-0.1, -0.05) is 11.6 Å². The van der Waals surface area contributed by atoms with Gasteiger partial charge in [0.2, 0.25) is 0 Å². The largest absolute Gasteiger partial charge is 0.496 e. The lowest BCUT2D eigenvalue weighted by atomic mass is 10.1. The lowest BCUT2D eigenvalue weighted by molar-refractivity contribution is 0.0318. The van der Waals surface area contributed by atoms with Crippen molar-refractivity contribution in [1.29, 1.82) is 0 Å². The van der Waals surface area contributed by atoms with Gasteiger partial charge >= 0.3 is 0 Å². The van der Waals surface area contributed by atoms with E-state index in [0.29, 0.717) is 35.2 Å². The van der Waals surface area contributed by atoms with Crippen molar-refractivity contribution in [1.82, 2.24) is 5.32 Å². The maximum absolute atomic E-state index is 12.3. The fourth-order valence-corrected chi connectivity index (χ4v) is 2.35. The molecular formula is C15H21ClN2O4. The minimum atomic E-state index is -0.280. The van der Waals surface area contributed by atoms with Crippen LogP contribution in [0.3, 0.4) is 0 Å². The van der Waals surface area contributed by atoms with E-state index >= 15 is 0 Å². The number of hydrogen-bond acceptors (Lipinski definition) is 5. The molecule has 22 heavy (non-hydrogen) atoms. The predicted octanol–water partition coefficient (Wildman–Crippen LogP) is 1.85. The van der Waals surface area contributed by atoms with Gasteiger partial charge in [-0.15, -0.1) is 0 Å². The highest BCUT2D eigenvalue weighted by Crippen LogP contribution is 2.28. The molecule has 0 spiro atoms. The van der Waals surface area contributed by atoms with E-state index in [9.17, 15) is 4.79 Å². The Hall–Kier alpha value is -1.50. The monoisotopic (exact) mass is 328 g/mol. The molecule has 122 valence electrons. The van der Waals surface area contributed by atoms with Crippen molar-refractivity contribution in [3.8, 4) is 5.75 Å². The van der Waals surface area contributed by atoms with Crippen molar-refractivity contribution in [2.75, 3.05) is 32.7 Å².